The van der Waals surface area contributed by atoms with Crippen LogP contribution in [0.2, 0.25) is 5.15 Å². The highest BCUT2D eigenvalue weighted by molar-refractivity contribution is 7.99. The van der Waals surface area contributed by atoms with Gasteiger partial charge in [-0.25, -0.2) is 0 Å². The van der Waals surface area contributed by atoms with Crippen molar-refractivity contribution >= 4 is 29.1 Å². The van der Waals surface area contributed by atoms with E-state index in [4.69, 9.17) is 22.1 Å². The Kier molecular flexibility index (Phi) is 4.83. The zero-order valence-electron chi connectivity index (χ0n) is 9.66. The first-order valence-electron chi connectivity index (χ1n) is 4.94. The summed E-state index contributed by atoms with van der Waals surface area (Å²) in [6.07, 6.45) is 0. The first-order chi connectivity index (χ1) is 7.38. The molecule has 0 aliphatic rings. The molecule has 1 aromatic rings. The molecule has 16 heavy (non-hydrogen) atoms. The van der Waals surface area contributed by atoms with E-state index in [-0.39, 0.29) is 5.60 Å². The SMILES string of the molecule is CC(C)(C)OCCSc1nnc(Cl)cc1N. The van der Waals surface area contributed by atoms with Crippen LogP contribution in [0.15, 0.2) is 11.1 Å². The number of hydrogen-bond acceptors (Lipinski definition) is 5. The van der Waals surface area contributed by atoms with Gasteiger partial charge in [0, 0.05) is 11.8 Å². The summed E-state index contributed by atoms with van der Waals surface area (Å²) < 4.78 is 5.58. The maximum Gasteiger partial charge on any atom is 0.153 e. The third-order valence-corrected chi connectivity index (χ3v) is 2.76. The molecular formula is C10H16ClN3OS. The van der Waals surface area contributed by atoms with Crippen LogP contribution in [0.5, 0.6) is 0 Å². The van der Waals surface area contributed by atoms with E-state index in [9.17, 15) is 0 Å². The van der Waals surface area contributed by atoms with Crippen LogP contribution in [0, 0.1) is 0 Å². The molecule has 6 heteroatoms. The molecule has 0 aliphatic carbocycles. The van der Waals surface area contributed by atoms with Crippen molar-refractivity contribution in [2.45, 2.75) is 31.4 Å². The lowest BCUT2D eigenvalue weighted by Crippen LogP contribution is -2.20. The van der Waals surface area contributed by atoms with Crippen LogP contribution in [0.3, 0.4) is 0 Å². The van der Waals surface area contributed by atoms with Gasteiger partial charge in [-0.3, -0.25) is 0 Å². The number of thioether (sulfide) groups is 1. The third kappa shape index (κ3) is 5.01. The Morgan fingerprint density at radius 2 is 2.12 bits per heavy atom. The van der Waals surface area contributed by atoms with E-state index in [0.29, 0.717) is 22.5 Å². The Morgan fingerprint density at radius 1 is 1.44 bits per heavy atom. The fourth-order valence-electron chi connectivity index (χ4n) is 0.968. The van der Waals surface area contributed by atoms with Gasteiger partial charge >= 0.3 is 0 Å². The van der Waals surface area contributed by atoms with Crippen molar-refractivity contribution in [2.24, 2.45) is 0 Å². The molecule has 0 saturated heterocycles. The molecule has 0 unspecified atom stereocenters. The summed E-state index contributed by atoms with van der Waals surface area (Å²) in [4.78, 5) is 0. The normalized spacial score (nSPS) is 11.8. The van der Waals surface area contributed by atoms with Crippen molar-refractivity contribution in [3.05, 3.63) is 11.2 Å². The van der Waals surface area contributed by atoms with Gasteiger partial charge in [0.15, 0.2) is 5.15 Å². The van der Waals surface area contributed by atoms with Crippen LogP contribution in [-0.4, -0.2) is 28.2 Å². The molecule has 1 aromatic heterocycles. The lowest BCUT2D eigenvalue weighted by Gasteiger charge is -2.19. The highest BCUT2D eigenvalue weighted by atomic mass is 35.5. The van der Waals surface area contributed by atoms with Crippen molar-refractivity contribution in [1.29, 1.82) is 0 Å². The number of nitrogens with two attached hydrogens (primary N) is 1. The number of nitrogen functional groups attached to an aromatic ring is 1. The van der Waals surface area contributed by atoms with Gasteiger partial charge in [0.05, 0.1) is 17.9 Å². The fourth-order valence-corrected chi connectivity index (χ4v) is 1.81. The zero-order chi connectivity index (χ0) is 12.2. The van der Waals surface area contributed by atoms with Crippen LogP contribution in [0.4, 0.5) is 5.69 Å². The van der Waals surface area contributed by atoms with Crippen molar-refractivity contribution in [3.63, 3.8) is 0 Å². The summed E-state index contributed by atoms with van der Waals surface area (Å²) in [7, 11) is 0. The van der Waals surface area contributed by atoms with Gasteiger partial charge in [-0.15, -0.1) is 22.0 Å². The Morgan fingerprint density at radius 3 is 2.69 bits per heavy atom. The van der Waals surface area contributed by atoms with Crippen molar-refractivity contribution in [2.75, 3.05) is 18.1 Å². The summed E-state index contributed by atoms with van der Waals surface area (Å²) in [5.41, 5.74) is 6.18. The standard InChI is InChI=1S/C10H16ClN3OS/c1-10(2,3)15-4-5-16-9-7(12)6-8(11)13-14-9/h6H,4-5H2,1-3H3,(H2,12,13). The van der Waals surface area contributed by atoms with Crippen LogP contribution in [-0.2, 0) is 4.74 Å². The van der Waals surface area contributed by atoms with Crippen LogP contribution >= 0.6 is 23.4 Å². The summed E-state index contributed by atoms with van der Waals surface area (Å²) in [5, 5.41) is 8.66. The quantitative estimate of drug-likeness (QED) is 0.667. The minimum absolute atomic E-state index is 0.113. The van der Waals surface area contributed by atoms with Crippen molar-refractivity contribution in [3.8, 4) is 0 Å². The van der Waals surface area contributed by atoms with Crippen LogP contribution in [0.1, 0.15) is 20.8 Å². The average molecular weight is 262 g/mol. The molecule has 4 nitrogen and oxygen atoms in total. The van der Waals surface area contributed by atoms with Gasteiger partial charge in [0.25, 0.3) is 0 Å². The van der Waals surface area contributed by atoms with Crippen molar-refractivity contribution < 1.29 is 4.74 Å². The van der Waals surface area contributed by atoms with E-state index >= 15 is 0 Å². The maximum atomic E-state index is 5.74. The fraction of sp³-hybridized carbons (Fsp3) is 0.600. The molecule has 0 amide bonds. The van der Waals surface area contributed by atoms with Crippen molar-refractivity contribution in [1.82, 2.24) is 10.2 Å². The molecule has 0 saturated carbocycles. The Bertz CT molecular complexity index is 354. The van der Waals surface area contributed by atoms with E-state index < -0.39 is 0 Å². The number of anilines is 1. The van der Waals surface area contributed by atoms with E-state index in [1.165, 1.54) is 11.8 Å². The minimum Gasteiger partial charge on any atom is -0.396 e. The van der Waals surface area contributed by atoms with Gasteiger partial charge < -0.3 is 10.5 Å². The predicted molar refractivity (Wildman–Crippen MR) is 67.9 cm³/mol. The van der Waals surface area contributed by atoms with Gasteiger partial charge in [-0.2, -0.15) is 0 Å². The third-order valence-electron chi connectivity index (χ3n) is 1.62. The maximum absolute atomic E-state index is 5.74. The molecule has 0 aromatic carbocycles. The van der Waals surface area contributed by atoms with Crippen LogP contribution < -0.4 is 5.73 Å². The monoisotopic (exact) mass is 261 g/mol. The van der Waals surface area contributed by atoms with Gasteiger partial charge in [0.1, 0.15) is 5.03 Å². The molecular weight excluding hydrogens is 246 g/mol. The van der Waals surface area contributed by atoms with Gasteiger partial charge in [0.2, 0.25) is 0 Å². The lowest BCUT2D eigenvalue weighted by molar-refractivity contribution is 0.00694. The topological polar surface area (TPSA) is 61.0 Å². The molecule has 2 N–H and O–H groups in total. The molecule has 0 spiro atoms. The molecule has 90 valence electrons. The lowest BCUT2D eigenvalue weighted by atomic mass is 10.2. The first-order valence-corrected chi connectivity index (χ1v) is 6.30. The highest BCUT2D eigenvalue weighted by Crippen LogP contribution is 2.23. The van der Waals surface area contributed by atoms with Crippen LogP contribution in [0.25, 0.3) is 0 Å². The van der Waals surface area contributed by atoms with Gasteiger partial charge in [-0.1, -0.05) is 11.6 Å². The number of ether oxygens (including phenoxy) is 1. The van der Waals surface area contributed by atoms with Gasteiger partial charge in [-0.05, 0) is 20.8 Å². The van der Waals surface area contributed by atoms with E-state index in [2.05, 4.69) is 10.2 Å². The van der Waals surface area contributed by atoms with E-state index in [1.807, 2.05) is 20.8 Å². The molecule has 1 rings (SSSR count). The summed E-state index contributed by atoms with van der Waals surface area (Å²) in [6, 6.07) is 1.60. The predicted octanol–water partition coefficient (Wildman–Crippen LogP) is 2.62. The smallest absolute Gasteiger partial charge is 0.153 e. The minimum atomic E-state index is -0.113. The molecule has 0 bridgehead atoms. The molecule has 0 radical (unpaired) electrons. The summed E-state index contributed by atoms with van der Waals surface area (Å²) in [5.74, 6) is 0.789. The number of hydrogen-bond donors (Lipinski definition) is 1. The Hall–Kier alpha value is -0.520. The molecule has 0 aliphatic heterocycles. The highest BCUT2D eigenvalue weighted by Gasteiger charge is 2.10. The number of halogens is 1. The van der Waals surface area contributed by atoms with E-state index in [0.717, 1.165) is 5.75 Å². The second-order valence-corrected chi connectivity index (χ2v) is 5.71. The molecule has 0 fully saturated rings. The molecule has 0 atom stereocenters. The largest absolute Gasteiger partial charge is 0.396 e. The summed E-state index contributed by atoms with van der Waals surface area (Å²) in [6.45, 7) is 6.72. The summed E-state index contributed by atoms with van der Waals surface area (Å²) >= 11 is 7.16. The molecule has 1 heterocycles. The zero-order valence-corrected chi connectivity index (χ0v) is 11.2. The average Bonchev–Trinajstić information content (AvgIpc) is 2.13. The first kappa shape index (κ1) is 13.5. The second-order valence-electron chi connectivity index (χ2n) is 4.24. The number of nitrogens with zero attached hydrogens (tertiary/aromatic N) is 2. The van der Waals surface area contributed by atoms with E-state index in [1.54, 1.807) is 6.07 Å². The Labute approximate surface area is 105 Å². The number of rotatable bonds is 4. The number of aromatic nitrogens is 2. The Balaban J connectivity index is 2.38. The second kappa shape index (κ2) is 5.70.